The third-order valence-electron chi connectivity index (χ3n) is 3.24. The third kappa shape index (κ3) is 3.03. The van der Waals surface area contributed by atoms with E-state index in [2.05, 4.69) is 39.8 Å². The zero-order valence-electron chi connectivity index (χ0n) is 12.3. The molecule has 1 aromatic rings. The van der Waals surface area contributed by atoms with E-state index in [1.165, 1.54) is 5.56 Å². The summed E-state index contributed by atoms with van der Waals surface area (Å²) in [6.45, 7) is 9.07. The van der Waals surface area contributed by atoms with Crippen LogP contribution < -0.4 is 10.5 Å². The van der Waals surface area contributed by atoms with Gasteiger partial charge in [0.15, 0.2) is 0 Å². The predicted octanol–water partition coefficient (Wildman–Crippen LogP) is 2.95. The van der Waals surface area contributed by atoms with Crippen molar-refractivity contribution in [1.82, 2.24) is 0 Å². The third-order valence-corrected chi connectivity index (χ3v) is 3.24. The fraction of sp³-hybridized carbons (Fsp3) is 0.600. The van der Waals surface area contributed by atoms with Crippen molar-refractivity contribution < 1.29 is 9.47 Å². The van der Waals surface area contributed by atoms with Gasteiger partial charge in [0.25, 0.3) is 0 Å². The first-order chi connectivity index (χ1) is 8.35. The number of benzene rings is 1. The van der Waals surface area contributed by atoms with Crippen molar-refractivity contribution in [3.8, 4) is 5.75 Å². The maximum absolute atomic E-state index is 5.76. The highest BCUT2D eigenvalue weighted by Gasteiger charge is 2.22. The summed E-state index contributed by atoms with van der Waals surface area (Å²) in [6.07, 6.45) is -0.0583. The summed E-state index contributed by atoms with van der Waals surface area (Å²) in [7, 11) is 3.40. The lowest BCUT2D eigenvalue weighted by Gasteiger charge is -2.26. The van der Waals surface area contributed by atoms with E-state index in [9.17, 15) is 0 Å². The van der Waals surface area contributed by atoms with Gasteiger partial charge in [0.05, 0.1) is 13.2 Å². The van der Waals surface area contributed by atoms with E-state index in [1.807, 2.05) is 0 Å². The molecule has 1 rings (SSSR count). The van der Waals surface area contributed by atoms with Crippen LogP contribution in [0.3, 0.4) is 0 Å². The van der Waals surface area contributed by atoms with Gasteiger partial charge in [0.2, 0.25) is 0 Å². The Balaban J connectivity index is 3.38. The summed E-state index contributed by atoms with van der Waals surface area (Å²) in [6, 6.07) is 4.23. The van der Waals surface area contributed by atoms with Crippen LogP contribution in [-0.4, -0.2) is 20.8 Å². The Morgan fingerprint density at radius 3 is 2.22 bits per heavy atom. The van der Waals surface area contributed by atoms with Crippen LogP contribution in [0.1, 0.15) is 43.6 Å². The topological polar surface area (TPSA) is 44.5 Å². The fourth-order valence-electron chi connectivity index (χ4n) is 2.15. The summed E-state index contributed by atoms with van der Waals surface area (Å²) >= 11 is 0. The normalized spacial score (nSPS) is 13.5. The maximum atomic E-state index is 5.76. The number of hydrogen-bond acceptors (Lipinski definition) is 3. The molecule has 2 N–H and O–H groups in total. The van der Waals surface area contributed by atoms with E-state index >= 15 is 0 Å². The lowest BCUT2D eigenvalue weighted by Crippen LogP contribution is -2.18. The van der Waals surface area contributed by atoms with Gasteiger partial charge in [-0.05, 0) is 41.2 Å². The molecule has 0 amide bonds. The van der Waals surface area contributed by atoms with E-state index in [1.54, 1.807) is 14.2 Å². The Kier molecular flexibility index (Phi) is 4.77. The first-order valence-corrected chi connectivity index (χ1v) is 6.27. The average molecular weight is 251 g/mol. The average Bonchev–Trinajstić information content (AvgIpc) is 2.30. The van der Waals surface area contributed by atoms with Crippen LogP contribution in [0.15, 0.2) is 12.1 Å². The Morgan fingerprint density at radius 2 is 1.83 bits per heavy atom. The minimum Gasteiger partial charge on any atom is -0.496 e. The largest absolute Gasteiger partial charge is 0.496 e. The molecular formula is C15H25NO2. The fourth-order valence-corrected chi connectivity index (χ4v) is 2.15. The molecule has 18 heavy (non-hydrogen) atoms. The molecule has 1 unspecified atom stereocenters. The summed E-state index contributed by atoms with van der Waals surface area (Å²) < 4.78 is 10.9. The van der Waals surface area contributed by atoms with Crippen LogP contribution in [-0.2, 0) is 10.2 Å². The number of hydrogen-bond donors (Lipinski definition) is 1. The zero-order valence-corrected chi connectivity index (χ0v) is 12.3. The number of methoxy groups -OCH3 is 2. The van der Waals surface area contributed by atoms with Gasteiger partial charge >= 0.3 is 0 Å². The van der Waals surface area contributed by atoms with Gasteiger partial charge in [-0.3, -0.25) is 0 Å². The molecule has 0 aliphatic carbocycles. The van der Waals surface area contributed by atoms with Crippen molar-refractivity contribution in [2.24, 2.45) is 5.73 Å². The quantitative estimate of drug-likeness (QED) is 0.894. The monoisotopic (exact) mass is 251 g/mol. The molecule has 0 saturated heterocycles. The van der Waals surface area contributed by atoms with Gasteiger partial charge in [-0.25, -0.2) is 0 Å². The van der Waals surface area contributed by atoms with Crippen molar-refractivity contribution in [3.05, 3.63) is 28.8 Å². The molecule has 0 radical (unpaired) electrons. The molecule has 0 saturated carbocycles. The summed E-state index contributed by atoms with van der Waals surface area (Å²) in [5.41, 5.74) is 9.26. The molecule has 3 nitrogen and oxygen atoms in total. The molecule has 0 aliphatic heterocycles. The van der Waals surface area contributed by atoms with Gasteiger partial charge in [0.1, 0.15) is 5.75 Å². The van der Waals surface area contributed by atoms with Crippen LogP contribution in [0.4, 0.5) is 0 Å². The summed E-state index contributed by atoms with van der Waals surface area (Å²) in [5.74, 6) is 0.927. The lowest BCUT2D eigenvalue weighted by molar-refractivity contribution is 0.110. The lowest BCUT2D eigenvalue weighted by atomic mass is 9.83. The minimum atomic E-state index is -0.0583. The van der Waals surface area contributed by atoms with E-state index in [0.717, 1.165) is 16.9 Å². The molecular weight excluding hydrogens is 226 g/mol. The second kappa shape index (κ2) is 5.72. The van der Waals surface area contributed by atoms with E-state index < -0.39 is 0 Å². The number of ether oxygens (including phenoxy) is 2. The van der Waals surface area contributed by atoms with E-state index in [4.69, 9.17) is 15.2 Å². The highest BCUT2D eigenvalue weighted by molar-refractivity contribution is 5.46. The second-order valence-electron chi connectivity index (χ2n) is 5.62. The Bertz CT molecular complexity index is 404. The van der Waals surface area contributed by atoms with Crippen molar-refractivity contribution >= 4 is 0 Å². The van der Waals surface area contributed by atoms with Crippen LogP contribution in [0.2, 0.25) is 0 Å². The first kappa shape index (κ1) is 15.0. The summed E-state index contributed by atoms with van der Waals surface area (Å²) in [4.78, 5) is 0. The number of nitrogens with two attached hydrogens (primary N) is 1. The standard InChI is InChI=1S/C15H25NO2/c1-10-7-13(17-5)12(15(2,3)4)8-11(10)14(9-16)18-6/h7-8,14H,9,16H2,1-6H3. The van der Waals surface area contributed by atoms with E-state index in [-0.39, 0.29) is 11.5 Å². The molecule has 102 valence electrons. The zero-order chi connectivity index (χ0) is 13.9. The summed E-state index contributed by atoms with van der Waals surface area (Å²) in [5, 5.41) is 0. The Hall–Kier alpha value is -1.06. The highest BCUT2D eigenvalue weighted by atomic mass is 16.5. The predicted molar refractivity (Wildman–Crippen MR) is 75.2 cm³/mol. The molecule has 1 atom stereocenters. The molecule has 0 spiro atoms. The Labute approximate surface area is 110 Å². The SMILES string of the molecule is COc1cc(C)c(C(CN)OC)cc1C(C)(C)C. The minimum absolute atomic E-state index is 0.0285. The van der Waals surface area contributed by atoms with Crippen molar-refractivity contribution in [1.29, 1.82) is 0 Å². The van der Waals surface area contributed by atoms with Crippen LogP contribution >= 0.6 is 0 Å². The van der Waals surface area contributed by atoms with Gasteiger partial charge in [-0.15, -0.1) is 0 Å². The van der Waals surface area contributed by atoms with Crippen molar-refractivity contribution in [2.75, 3.05) is 20.8 Å². The molecule has 1 aromatic carbocycles. The molecule has 3 heteroatoms. The van der Waals surface area contributed by atoms with Gasteiger partial charge in [0, 0.05) is 13.7 Å². The van der Waals surface area contributed by atoms with Gasteiger partial charge in [-0.1, -0.05) is 20.8 Å². The van der Waals surface area contributed by atoms with Crippen LogP contribution in [0.25, 0.3) is 0 Å². The first-order valence-electron chi connectivity index (χ1n) is 6.27. The van der Waals surface area contributed by atoms with Gasteiger partial charge < -0.3 is 15.2 Å². The number of aryl methyl sites for hydroxylation is 1. The van der Waals surface area contributed by atoms with Gasteiger partial charge in [-0.2, -0.15) is 0 Å². The molecule has 0 fully saturated rings. The van der Waals surface area contributed by atoms with Crippen LogP contribution in [0.5, 0.6) is 5.75 Å². The van der Waals surface area contributed by atoms with E-state index in [0.29, 0.717) is 6.54 Å². The van der Waals surface area contributed by atoms with Crippen molar-refractivity contribution in [2.45, 2.75) is 39.2 Å². The molecule has 0 aliphatic rings. The highest BCUT2D eigenvalue weighted by Crippen LogP contribution is 2.35. The smallest absolute Gasteiger partial charge is 0.122 e. The molecule has 0 bridgehead atoms. The molecule has 0 heterocycles. The molecule has 0 aromatic heterocycles. The maximum Gasteiger partial charge on any atom is 0.122 e. The van der Waals surface area contributed by atoms with Crippen molar-refractivity contribution in [3.63, 3.8) is 0 Å². The Morgan fingerprint density at radius 1 is 1.22 bits per heavy atom. The second-order valence-corrected chi connectivity index (χ2v) is 5.62. The van der Waals surface area contributed by atoms with Crippen LogP contribution in [0, 0.1) is 6.92 Å². The number of rotatable bonds is 4.